The van der Waals surface area contributed by atoms with Crippen molar-refractivity contribution in [2.45, 2.75) is 77.2 Å². The second-order valence-electron chi connectivity index (χ2n) is 6.89. The van der Waals surface area contributed by atoms with Crippen molar-refractivity contribution in [2.75, 3.05) is 0 Å². The summed E-state index contributed by atoms with van der Waals surface area (Å²) in [7, 11) is 0. The van der Waals surface area contributed by atoms with Crippen LogP contribution in [0.2, 0.25) is 0 Å². The number of hydrogen-bond donors (Lipinski definition) is 1. The fourth-order valence-corrected chi connectivity index (χ4v) is 3.94. The van der Waals surface area contributed by atoms with E-state index in [0.717, 1.165) is 18.8 Å². The number of amides is 1. The van der Waals surface area contributed by atoms with Crippen molar-refractivity contribution in [3.63, 3.8) is 0 Å². The van der Waals surface area contributed by atoms with E-state index in [0.29, 0.717) is 12.3 Å². The van der Waals surface area contributed by atoms with E-state index in [2.05, 4.69) is 11.4 Å². The molecule has 1 aliphatic carbocycles. The molecule has 4 unspecified atom stereocenters. The fraction of sp³-hybridized carbons (Fsp3) is 0.882. The van der Waals surface area contributed by atoms with E-state index in [1.165, 1.54) is 44.9 Å². The summed E-state index contributed by atoms with van der Waals surface area (Å²) in [6.07, 6.45) is 11.5. The average Bonchev–Trinajstić information content (AvgIpc) is 2.43. The number of carbonyl (C=O) groups is 1. The Kier molecular flexibility index (Phi) is 5.88. The van der Waals surface area contributed by atoms with Crippen molar-refractivity contribution in [1.82, 2.24) is 5.32 Å². The van der Waals surface area contributed by atoms with Crippen LogP contribution in [-0.4, -0.2) is 11.9 Å². The molecule has 2 rings (SSSR count). The highest BCUT2D eigenvalue weighted by atomic mass is 16.1. The molecule has 3 nitrogen and oxygen atoms in total. The van der Waals surface area contributed by atoms with Crippen LogP contribution in [0.3, 0.4) is 0 Å². The van der Waals surface area contributed by atoms with Gasteiger partial charge in [-0.2, -0.15) is 5.26 Å². The van der Waals surface area contributed by atoms with E-state index in [9.17, 15) is 4.79 Å². The van der Waals surface area contributed by atoms with Gasteiger partial charge in [-0.05, 0) is 31.1 Å². The molecule has 20 heavy (non-hydrogen) atoms. The third kappa shape index (κ3) is 4.51. The Labute approximate surface area is 123 Å². The monoisotopic (exact) mass is 276 g/mol. The summed E-state index contributed by atoms with van der Waals surface area (Å²) in [6.45, 7) is 2.02. The summed E-state index contributed by atoms with van der Waals surface area (Å²) >= 11 is 0. The highest BCUT2D eigenvalue weighted by Crippen LogP contribution is 2.35. The van der Waals surface area contributed by atoms with Gasteiger partial charge in [-0.25, -0.2) is 0 Å². The van der Waals surface area contributed by atoms with Gasteiger partial charge in [-0.15, -0.1) is 0 Å². The molecule has 112 valence electrons. The SMILES string of the molecule is CC1CCCCC2CCCC(C2)CC(CC#N)NC1=O. The number of nitrogens with one attached hydrogen (secondary N) is 1. The Morgan fingerprint density at radius 2 is 1.80 bits per heavy atom. The topological polar surface area (TPSA) is 52.9 Å². The zero-order chi connectivity index (χ0) is 14.4. The minimum Gasteiger partial charge on any atom is -0.352 e. The van der Waals surface area contributed by atoms with Gasteiger partial charge in [0.25, 0.3) is 0 Å². The van der Waals surface area contributed by atoms with Gasteiger partial charge in [-0.1, -0.05) is 45.4 Å². The smallest absolute Gasteiger partial charge is 0.223 e. The Morgan fingerprint density at radius 3 is 2.60 bits per heavy atom. The van der Waals surface area contributed by atoms with Crippen LogP contribution in [0.4, 0.5) is 0 Å². The molecule has 0 aromatic heterocycles. The highest BCUT2D eigenvalue weighted by molar-refractivity contribution is 5.78. The molecule has 1 aliphatic heterocycles. The van der Waals surface area contributed by atoms with Gasteiger partial charge in [0, 0.05) is 12.0 Å². The first-order valence-electron chi connectivity index (χ1n) is 8.36. The van der Waals surface area contributed by atoms with Crippen LogP contribution in [-0.2, 0) is 4.79 Å². The predicted molar refractivity (Wildman–Crippen MR) is 79.9 cm³/mol. The van der Waals surface area contributed by atoms with Gasteiger partial charge in [0.15, 0.2) is 0 Å². The molecule has 0 spiro atoms. The molecule has 2 aliphatic rings. The Morgan fingerprint density at radius 1 is 1.10 bits per heavy atom. The van der Waals surface area contributed by atoms with Gasteiger partial charge < -0.3 is 5.32 Å². The first-order chi connectivity index (χ1) is 9.69. The molecule has 1 heterocycles. The quantitative estimate of drug-likeness (QED) is 0.792. The van der Waals surface area contributed by atoms with Crippen molar-refractivity contribution >= 4 is 5.91 Å². The van der Waals surface area contributed by atoms with Gasteiger partial charge in [0.1, 0.15) is 0 Å². The largest absolute Gasteiger partial charge is 0.352 e. The lowest BCUT2D eigenvalue weighted by atomic mass is 9.76. The molecular formula is C17H28N2O. The van der Waals surface area contributed by atoms with Crippen LogP contribution < -0.4 is 5.32 Å². The number of fused-ring (bicyclic) bond motifs is 2. The van der Waals surface area contributed by atoms with Crippen molar-refractivity contribution in [2.24, 2.45) is 17.8 Å². The number of nitrogens with zero attached hydrogens (tertiary/aromatic N) is 1. The van der Waals surface area contributed by atoms with Crippen LogP contribution in [0, 0.1) is 29.1 Å². The molecule has 1 N–H and O–H groups in total. The third-order valence-corrected chi connectivity index (χ3v) is 5.14. The number of rotatable bonds is 1. The Hall–Kier alpha value is -1.04. The van der Waals surface area contributed by atoms with Gasteiger partial charge >= 0.3 is 0 Å². The van der Waals surface area contributed by atoms with E-state index in [-0.39, 0.29) is 17.9 Å². The molecule has 2 bridgehead atoms. The molecule has 4 atom stereocenters. The average molecular weight is 276 g/mol. The third-order valence-electron chi connectivity index (χ3n) is 5.14. The standard InChI is InChI=1S/C17H28N2O/c1-13-5-2-3-6-14-7-4-8-15(11-14)12-16(9-10-18)19-17(13)20/h13-16H,2-9,11-12H2,1H3,(H,19,20). The first kappa shape index (κ1) is 15.4. The summed E-state index contributed by atoms with van der Waals surface area (Å²) in [4.78, 5) is 12.2. The maximum Gasteiger partial charge on any atom is 0.223 e. The molecule has 0 aromatic carbocycles. The van der Waals surface area contributed by atoms with E-state index in [1.807, 2.05) is 6.92 Å². The van der Waals surface area contributed by atoms with Crippen LogP contribution >= 0.6 is 0 Å². The van der Waals surface area contributed by atoms with Crippen LogP contribution in [0.1, 0.15) is 71.1 Å². The lowest BCUT2D eigenvalue weighted by Crippen LogP contribution is -2.40. The first-order valence-corrected chi connectivity index (χ1v) is 8.36. The fourth-order valence-electron chi connectivity index (χ4n) is 3.94. The van der Waals surface area contributed by atoms with Crippen molar-refractivity contribution in [3.05, 3.63) is 0 Å². The number of nitriles is 1. The maximum absolute atomic E-state index is 12.2. The van der Waals surface area contributed by atoms with Crippen molar-refractivity contribution in [1.29, 1.82) is 5.26 Å². The molecular weight excluding hydrogens is 248 g/mol. The van der Waals surface area contributed by atoms with E-state index in [1.54, 1.807) is 0 Å². The Bertz CT molecular complexity index is 360. The van der Waals surface area contributed by atoms with Crippen LogP contribution in [0.15, 0.2) is 0 Å². The molecule has 0 aromatic rings. The summed E-state index contributed by atoms with van der Waals surface area (Å²) < 4.78 is 0. The zero-order valence-electron chi connectivity index (χ0n) is 12.7. The van der Waals surface area contributed by atoms with Crippen LogP contribution in [0.5, 0.6) is 0 Å². The van der Waals surface area contributed by atoms with Gasteiger partial charge in [-0.3, -0.25) is 4.79 Å². The maximum atomic E-state index is 12.2. The lowest BCUT2D eigenvalue weighted by Gasteiger charge is -2.32. The summed E-state index contributed by atoms with van der Waals surface area (Å²) in [6, 6.07) is 2.31. The van der Waals surface area contributed by atoms with E-state index < -0.39 is 0 Å². The Balaban J connectivity index is 2.02. The van der Waals surface area contributed by atoms with E-state index in [4.69, 9.17) is 5.26 Å². The summed E-state index contributed by atoms with van der Waals surface area (Å²) in [5, 5.41) is 12.1. The van der Waals surface area contributed by atoms with Crippen LogP contribution in [0.25, 0.3) is 0 Å². The number of hydrogen-bond acceptors (Lipinski definition) is 2. The van der Waals surface area contributed by atoms with E-state index >= 15 is 0 Å². The molecule has 1 amide bonds. The molecule has 1 saturated heterocycles. The molecule has 2 fully saturated rings. The highest BCUT2D eigenvalue weighted by Gasteiger charge is 2.26. The second kappa shape index (κ2) is 7.67. The summed E-state index contributed by atoms with van der Waals surface area (Å²) in [5.41, 5.74) is 0. The van der Waals surface area contributed by atoms with Gasteiger partial charge in [0.2, 0.25) is 5.91 Å². The van der Waals surface area contributed by atoms with Crippen molar-refractivity contribution < 1.29 is 4.79 Å². The van der Waals surface area contributed by atoms with Crippen molar-refractivity contribution in [3.8, 4) is 6.07 Å². The van der Waals surface area contributed by atoms with Gasteiger partial charge in [0.05, 0.1) is 12.5 Å². The lowest BCUT2D eigenvalue weighted by molar-refractivity contribution is -0.125. The zero-order valence-corrected chi connectivity index (χ0v) is 12.7. The minimum absolute atomic E-state index is 0.0677. The second-order valence-corrected chi connectivity index (χ2v) is 6.89. The molecule has 3 heteroatoms. The predicted octanol–water partition coefficient (Wildman–Crippen LogP) is 3.79. The molecule has 1 saturated carbocycles. The number of carbonyl (C=O) groups excluding carboxylic acids is 1. The summed E-state index contributed by atoms with van der Waals surface area (Å²) in [5.74, 6) is 1.85. The normalized spacial score (nSPS) is 36.1. The molecule has 0 radical (unpaired) electrons. The minimum atomic E-state index is 0.0677.